The zero-order chi connectivity index (χ0) is 23.7. The van der Waals surface area contributed by atoms with Gasteiger partial charge in [0.15, 0.2) is 22.9 Å². The molecular formula is C26H26ClNO5. The van der Waals surface area contributed by atoms with Crippen LogP contribution < -0.4 is 4.74 Å². The van der Waals surface area contributed by atoms with E-state index < -0.39 is 23.5 Å². The van der Waals surface area contributed by atoms with Gasteiger partial charge in [-0.3, -0.25) is 9.59 Å². The lowest BCUT2D eigenvalue weighted by molar-refractivity contribution is -0.129. The van der Waals surface area contributed by atoms with E-state index in [9.17, 15) is 14.7 Å². The Bertz CT molecular complexity index is 1240. The standard InChI is InChI=1S/C26H26ClNO5/c1-4-6-11-28-22(16-9-7-15(5-2)8-10-16)21(24(30)26(28)31)23(29)19-13-17-12-18(27)14-20(32-3)25(17)33-19/h7-10,12-14,22,30H,4-6,11H2,1-3H3. The Hall–Kier alpha value is -3.25. The first-order valence-electron chi connectivity index (χ1n) is 11.0. The van der Waals surface area contributed by atoms with E-state index in [-0.39, 0.29) is 11.3 Å². The van der Waals surface area contributed by atoms with Gasteiger partial charge >= 0.3 is 0 Å². The number of carbonyl (C=O) groups is 2. The zero-order valence-electron chi connectivity index (χ0n) is 18.9. The third-order valence-corrected chi connectivity index (χ3v) is 6.21. The van der Waals surface area contributed by atoms with Gasteiger partial charge in [-0.1, -0.05) is 56.1 Å². The number of furan rings is 1. The van der Waals surface area contributed by atoms with Crippen molar-refractivity contribution in [1.82, 2.24) is 4.90 Å². The number of halogens is 1. The van der Waals surface area contributed by atoms with Crippen LogP contribution in [0.4, 0.5) is 0 Å². The predicted molar refractivity (Wildman–Crippen MR) is 127 cm³/mol. The number of aliphatic hydroxyl groups is 1. The molecule has 0 bridgehead atoms. The first-order valence-corrected chi connectivity index (χ1v) is 11.4. The summed E-state index contributed by atoms with van der Waals surface area (Å²) in [6, 6.07) is 11.9. The molecular weight excluding hydrogens is 442 g/mol. The monoisotopic (exact) mass is 467 g/mol. The molecule has 172 valence electrons. The van der Waals surface area contributed by atoms with Gasteiger partial charge in [0.05, 0.1) is 18.7 Å². The largest absolute Gasteiger partial charge is 0.503 e. The predicted octanol–water partition coefficient (Wildman–Crippen LogP) is 6.04. The summed E-state index contributed by atoms with van der Waals surface area (Å²) in [5.41, 5.74) is 2.30. The number of Topliss-reactive ketones (excluding diaryl/α,β-unsaturated/α-hetero) is 1. The van der Waals surface area contributed by atoms with Gasteiger partial charge in [0.1, 0.15) is 0 Å². The van der Waals surface area contributed by atoms with Gasteiger partial charge in [-0.05, 0) is 36.1 Å². The molecule has 2 heterocycles. The summed E-state index contributed by atoms with van der Waals surface area (Å²) in [4.78, 5) is 28.2. The van der Waals surface area contributed by atoms with Gasteiger partial charge in [0, 0.05) is 23.0 Å². The van der Waals surface area contributed by atoms with Gasteiger partial charge in [-0.25, -0.2) is 0 Å². The van der Waals surface area contributed by atoms with E-state index in [4.69, 9.17) is 20.8 Å². The molecule has 3 aromatic rings. The molecule has 1 aliphatic rings. The Morgan fingerprint density at radius 1 is 1.18 bits per heavy atom. The molecule has 0 radical (unpaired) electrons. The van der Waals surface area contributed by atoms with Crippen molar-refractivity contribution in [3.8, 4) is 5.75 Å². The molecule has 7 heteroatoms. The number of rotatable bonds is 8. The van der Waals surface area contributed by atoms with E-state index in [2.05, 4.69) is 6.92 Å². The van der Waals surface area contributed by atoms with Crippen molar-refractivity contribution in [3.05, 3.63) is 75.7 Å². The molecule has 33 heavy (non-hydrogen) atoms. The highest BCUT2D eigenvalue weighted by Crippen LogP contribution is 2.41. The van der Waals surface area contributed by atoms with E-state index in [0.717, 1.165) is 30.4 Å². The SMILES string of the molecule is CCCCN1C(=O)C(O)=C(C(=O)c2cc3cc(Cl)cc(OC)c3o2)C1c1ccc(CC)cc1. The molecule has 0 fully saturated rings. The molecule has 0 aliphatic carbocycles. The number of ether oxygens (including phenoxy) is 1. The minimum Gasteiger partial charge on any atom is -0.503 e. The Morgan fingerprint density at radius 3 is 2.55 bits per heavy atom. The smallest absolute Gasteiger partial charge is 0.290 e. The number of unbranched alkanes of at least 4 members (excludes halogenated alkanes) is 1. The second-order valence-corrected chi connectivity index (χ2v) is 8.51. The van der Waals surface area contributed by atoms with Crippen LogP contribution in [0.3, 0.4) is 0 Å². The number of methoxy groups -OCH3 is 1. The zero-order valence-corrected chi connectivity index (χ0v) is 19.6. The average molecular weight is 468 g/mol. The molecule has 6 nitrogen and oxygen atoms in total. The Labute approximate surface area is 197 Å². The quantitative estimate of drug-likeness (QED) is 0.409. The first kappa shape index (κ1) is 22.9. The van der Waals surface area contributed by atoms with Gasteiger partial charge in [0.25, 0.3) is 5.91 Å². The van der Waals surface area contributed by atoms with E-state index >= 15 is 0 Å². The number of carbonyl (C=O) groups excluding carboxylic acids is 2. The molecule has 1 amide bonds. The second kappa shape index (κ2) is 9.32. The van der Waals surface area contributed by atoms with Crippen molar-refractivity contribution < 1.29 is 23.8 Å². The van der Waals surface area contributed by atoms with Crippen molar-refractivity contribution >= 4 is 34.3 Å². The summed E-state index contributed by atoms with van der Waals surface area (Å²) in [7, 11) is 1.49. The molecule has 1 atom stereocenters. The van der Waals surface area contributed by atoms with E-state index in [0.29, 0.717) is 28.3 Å². The maximum atomic E-state index is 13.6. The maximum Gasteiger partial charge on any atom is 0.290 e. The lowest BCUT2D eigenvalue weighted by Crippen LogP contribution is -2.32. The third-order valence-electron chi connectivity index (χ3n) is 6.00. The fourth-order valence-corrected chi connectivity index (χ4v) is 4.43. The number of aliphatic hydroxyl groups excluding tert-OH is 1. The number of ketones is 1. The van der Waals surface area contributed by atoms with Crippen LogP contribution in [0, 0.1) is 0 Å². The normalized spacial score (nSPS) is 16.2. The number of nitrogens with zero attached hydrogens (tertiary/aromatic N) is 1. The van der Waals surface area contributed by atoms with Crippen LogP contribution in [-0.4, -0.2) is 35.4 Å². The third kappa shape index (κ3) is 4.11. The van der Waals surface area contributed by atoms with Crippen LogP contribution in [0.2, 0.25) is 5.02 Å². The maximum absolute atomic E-state index is 13.6. The topological polar surface area (TPSA) is 80.0 Å². The number of aryl methyl sites for hydroxylation is 1. The van der Waals surface area contributed by atoms with Crippen LogP contribution in [0.1, 0.15) is 54.4 Å². The molecule has 1 N–H and O–H groups in total. The lowest BCUT2D eigenvalue weighted by atomic mass is 9.94. The van der Waals surface area contributed by atoms with Crippen molar-refractivity contribution in [2.75, 3.05) is 13.7 Å². The van der Waals surface area contributed by atoms with Crippen LogP contribution in [0.15, 0.2) is 58.2 Å². The van der Waals surface area contributed by atoms with Gasteiger partial charge in [-0.2, -0.15) is 0 Å². The number of hydrogen-bond donors (Lipinski definition) is 1. The van der Waals surface area contributed by atoms with Crippen molar-refractivity contribution in [3.63, 3.8) is 0 Å². The van der Waals surface area contributed by atoms with E-state index in [1.807, 2.05) is 31.2 Å². The minimum absolute atomic E-state index is 0.00689. The number of fused-ring (bicyclic) bond motifs is 1. The fourth-order valence-electron chi connectivity index (χ4n) is 4.21. The summed E-state index contributed by atoms with van der Waals surface area (Å²) >= 11 is 6.15. The second-order valence-electron chi connectivity index (χ2n) is 8.08. The van der Waals surface area contributed by atoms with Crippen molar-refractivity contribution in [2.45, 2.75) is 39.2 Å². The summed E-state index contributed by atoms with van der Waals surface area (Å²) in [6.45, 7) is 4.52. The van der Waals surface area contributed by atoms with E-state index in [1.54, 1.807) is 23.1 Å². The van der Waals surface area contributed by atoms with Gasteiger partial charge in [-0.15, -0.1) is 0 Å². The lowest BCUT2D eigenvalue weighted by Gasteiger charge is -2.26. The van der Waals surface area contributed by atoms with Crippen LogP contribution in [0.5, 0.6) is 5.75 Å². The molecule has 2 aromatic carbocycles. The highest BCUT2D eigenvalue weighted by molar-refractivity contribution is 6.31. The first-order chi connectivity index (χ1) is 15.9. The minimum atomic E-state index is -0.693. The number of hydrogen-bond acceptors (Lipinski definition) is 5. The van der Waals surface area contributed by atoms with Crippen LogP contribution in [-0.2, 0) is 11.2 Å². The number of amides is 1. The Morgan fingerprint density at radius 2 is 1.91 bits per heavy atom. The fraction of sp³-hybridized carbons (Fsp3) is 0.308. The Kier molecular flexibility index (Phi) is 6.47. The highest BCUT2D eigenvalue weighted by atomic mass is 35.5. The molecule has 4 rings (SSSR count). The number of benzene rings is 2. The van der Waals surface area contributed by atoms with Gasteiger partial charge in [0.2, 0.25) is 5.78 Å². The Balaban J connectivity index is 1.81. The molecule has 0 saturated carbocycles. The summed E-state index contributed by atoms with van der Waals surface area (Å²) in [5, 5.41) is 11.8. The molecule has 1 aromatic heterocycles. The van der Waals surface area contributed by atoms with Crippen LogP contribution in [0.25, 0.3) is 11.0 Å². The van der Waals surface area contributed by atoms with Crippen molar-refractivity contribution in [2.24, 2.45) is 0 Å². The summed E-state index contributed by atoms with van der Waals surface area (Å²) in [5.74, 6) is -1.22. The molecule has 1 unspecified atom stereocenters. The van der Waals surface area contributed by atoms with Gasteiger partial charge < -0.3 is 19.2 Å². The molecule has 0 spiro atoms. The molecule has 0 saturated heterocycles. The van der Waals surface area contributed by atoms with Crippen LogP contribution >= 0.6 is 11.6 Å². The highest BCUT2D eigenvalue weighted by Gasteiger charge is 2.44. The summed E-state index contributed by atoms with van der Waals surface area (Å²) in [6.07, 6.45) is 2.50. The summed E-state index contributed by atoms with van der Waals surface area (Å²) < 4.78 is 11.2. The van der Waals surface area contributed by atoms with Crippen molar-refractivity contribution in [1.29, 1.82) is 0 Å². The average Bonchev–Trinajstić information content (AvgIpc) is 3.36. The van der Waals surface area contributed by atoms with E-state index in [1.165, 1.54) is 7.11 Å². The molecule has 1 aliphatic heterocycles.